The fourth-order valence-electron chi connectivity index (χ4n) is 2.74. The number of likely N-dealkylation sites (tertiary alicyclic amines) is 1. The average molecular weight is 255 g/mol. The smallest absolute Gasteiger partial charge is 0.0800 e. The standard InChI is InChI=1S/C18H25N/c1-3-4-5-9-13-18(2)14-10-15-19(18)16-17-11-7-6-8-12-17/h6-8,11-12H,3-5,10,14-16H2,1-2H3. The van der Waals surface area contributed by atoms with Gasteiger partial charge >= 0.3 is 0 Å². The largest absolute Gasteiger partial charge is 0.283 e. The van der Waals surface area contributed by atoms with Crippen LogP contribution in [0.2, 0.25) is 0 Å². The quantitative estimate of drug-likeness (QED) is 0.575. The summed E-state index contributed by atoms with van der Waals surface area (Å²) in [7, 11) is 0. The zero-order valence-electron chi connectivity index (χ0n) is 12.3. The first-order valence-electron chi connectivity index (χ1n) is 7.53. The van der Waals surface area contributed by atoms with Gasteiger partial charge in [-0.15, -0.1) is 5.92 Å². The number of benzene rings is 1. The van der Waals surface area contributed by atoms with Crippen LogP contribution in [-0.4, -0.2) is 17.0 Å². The monoisotopic (exact) mass is 255 g/mol. The van der Waals surface area contributed by atoms with E-state index in [1.165, 1.54) is 37.8 Å². The molecule has 102 valence electrons. The van der Waals surface area contributed by atoms with Gasteiger partial charge in [-0.3, -0.25) is 4.90 Å². The molecule has 1 heterocycles. The molecule has 1 aromatic carbocycles. The van der Waals surface area contributed by atoms with Crippen molar-refractivity contribution in [3.05, 3.63) is 35.9 Å². The van der Waals surface area contributed by atoms with E-state index >= 15 is 0 Å². The second-order valence-electron chi connectivity index (χ2n) is 5.69. The highest BCUT2D eigenvalue weighted by Gasteiger charge is 2.34. The molecule has 0 amide bonds. The molecule has 1 aliphatic heterocycles. The van der Waals surface area contributed by atoms with E-state index in [1.54, 1.807) is 0 Å². The van der Waals surface area contributed by atoms with Gasteiger partial charge in [-0.25, -0.2) is 0 Å². The molecule has 19 heavy (non-hydrogen) atoms. The Kier molecular flexibility index (Phi) is 5.05. The molecule has 0 N–H and O–H groups in total. The SMILES string of the molecule is CCCCC#CC1(C)CCCN1Cc1ccccc1. The van der Waals surface area contributed by atoms with Gasteiger partial charge in [-0.1, -0.05) is 49.6 Å². The minimum absolute atomic E-state index is 0.0869. The van der Waals surface area contributed by atoms with Gasteiger partial charge in [0.2, 0.25) is 0 Å². The number of hydrogen-bond acceptors (Lipinski definition) is 1. The van der Waals surface area contributed by atoms with Crippen molar-refractivity contribution in [1.82, 2.24) is 4.90 Å². The van der Waals surface area contributed by atoms with Crippen LogP contribution in [0.1, 0.15) is 51.5 Å². The van der Waals surface area contributed by atoms with Crippen LogP contribution in [0.5, 0.6) is 0 Å². The van der Waals surface area contributed by atoms with Gasteiger partial charge in [0, 0.05) is 19.5 Å². The van der Waals surface area contributed by atoms with E-state index < -0.39 is 0 Å². The first-order chi connectivity index (χ1) is 9.24. The maximum atomic E-state index is 3.54. The molecule has 1 aromatic rings. The summed E-state index contributed by atoms with van der Waals surface area (Å²) in [5, 5.41) is 0. The minimum Gasteiger partial charge on any atom is -0.283 e. The van der Waals surface area contributed by atoms with Gasteiger partial charge in [-0.05, 0) is 31.7 Å². The van der Waals surface area contributed by atoms with Gasteiger partial charge in [-0.2, -0.15) is 0 Å². The summed E-state index contributed by atoms with van der Waals surface area (Å²) in [5.41, 5.74) is 1.48. The van der Waals surface area contributed by atoms with Gasteiger partial charge in [0.1, 0.15) is 0 Å². The van der Waals surface area contributed by atoms with Gasteiger partial charge < -0.3 is 0 Å². The topological polar surface area (TPSA) is 3.24 Å². The Morgan fingerprint density at radius 1 is 1.26 bits per heavy atom. The van der Waals surface area contributed by atoms with E-state index in [4.69, 9.17) is 0 Å². The maximum Gasteiger partial charge on any atom is 0.0800 e. The van der Waals surface area contributed by atoms with Crippen LogP contribution < -0.4 is 0 Å². The van der Waals surface area contributed by atoms with Gasteiger partial charge in [0.25, 0.3) is 0 Å². The summed E-state index contributed by atoms with van der Waals surface area (Å²) in [6.07, 6.45) is 5.98. The van der Waals surface area contributed by atoms with Crippen molar-refractivity contribution in [2.45, 2.75) is 58.0 Å². The zero-order valence-corrected chi connectivity index (χ0v) is 12.3. The van der Waals surface area contributed by atoms with Crippen molar-refractivity contribution in [2.75, 3.05) is 6.54 Å². The third-order valence-electron chi connectivity index (χ3n) is 4.02. The van der Waals surface area contributed by atoms with E-state index in [-0.39, 0.29) is 5.54 Å². The number of unbranched alkanes of at least 4 members (excludes halogenated alkanes) is 2. The lowest BCUT2D eigenvalue weighted by Crippen LogP contribution is -2.39. The Morgan fingerprint density at radius 3 is 2.79 bits per heavy atom. The van der Waals surface area contributed by atoms with Gasteiger partial charge in [0.15, 0.2) is 0 Å². The molecule has 0 aromatic heterocycles. The molecule has 2 rings (SSSR count). The van der Waals surface area contributed by atoms with Crippen molar-refractivity contribution in [1.29, 1.82) is 0 Å². The Labute approximate surface area is 118 Å². The molecule has 1 aliphatic rings. The fourth-order valence-corrected chi connectivity index (χ4v) is 2.74. The van der Waals surface area contributed by atoms with Crippen LogP contribution in [0.3, 0.4) is 0 Å². The molecule has 0 spiro atoms. The molecule has 1 nitrogen and oxygen atoms in total. The van der Waals surface area contributed by atoms with Crippen molar-refractivity contribution in [2.24, 2.45) is 0 Å². The number of hydrogen-bond donors (Lipinski definition) is 0. The first-order valence-corrected chi connectivity index (χ1v) is 7.53. The maximum absolute atomic E-state index is 3.54. The average Bonchev–Trinajstić information content (AvgIpc) is 2.78. The van der Waals surface area contributed by atoms with Crippen molar-refractivity contribution >= 4 is 0 Å². The normalized spacial score (nSPS) is 23.1. The first kappa shape index (κ1) is 14.2. The van der Waals surface area contributed by atoms with Crippen LogP contribution in [-0.2, 0) is 6.54 Å². The third kappa shape index (κ3) is 3.85. The Balaban J connectivity index is 2.00. The molecule has 1 heteroatoms. The predicted molar refractivity (Wildman–Crippen MR) is 81.8 cm³/mol. The molecule has 0 aliphatic carbocycles. The van der Waals surface area contributed by atoms with Crippen LogP contribution in [0.15, 0.2) is 30.3 Å². The van der Waals surface area contributed by atoms with E-state index in [9.17, 15) is 0 Å². The zero-order chi connectivity index (χ0) is 13.6. The van der Waals surface area contributed by atoms with Gasteiger partial charge in [0.05, 0.1) is 5.54 Å². The highest BCUT2D eigenvalue weighted by Crippen LogP contribution is 2.29. The molecule has 1 unspecified atom stereocenters. The lowest BCUT2D eigenvalue weighted by Gasteiger charge is -2.30. The summed E-state index contributed by atoms with van der Waals surface area (Å²) >= 11 is 0. The third-order valence-corrected chi connectivity index (χ3v) is 4.02. The molecule has 1 atom stereocenters. The van der Waals surface area contributed by atoms with Crippen LogP contribution in [0.4, 0.5) is 0 Å². The van der Waals surface area contributed by atoms with Crippen molar-refractivity contribution in [3.63, 3.8) is 0 Å². The Morgan fingerprint density at radius 2 is 2.05 bits per heavy atom. The minimum atomic E-state index is 0.0869. The molecular weight excluding hydrogens is 230 g/mol. The summed E-state index contributed by atoms with van der Waals surface area (Å²) in [5.74, 6) is 6.93. The summed E-state index contributed by atoms with van der Waals surface area (Å²) in [4.78, 5) is 2.54. The van der Waals surface area contributed by atoms with E-state index in [0.717, 1.165) is 13.0 Å². The number of rotatable bonds is 4. The van der Waals surface area contributed by atoms with Crippen LogP contribution in [0, 0.1) is 11.8 Å². The predicted octanol–water partition coefficient (Wildman–Crippen LogP) is 4.23. The molecule has 0 saturated carbocycles. The van der Waals surface area contributed by atoms with Crippen LogP contribution in [0.25, 0.3) is 0 Å². The fraction of sp³-hybridized carbons (Fsp3) is 0.556. The number of nitrogens with zero attached hydrogens (tertiary/aromatic N) is 1. The Hall–Kier alpha value is -1.26. The van der Waals surface area contributed by atoms with E-state index in [2.05, 4.69) is 60.9 Å². The molecule has 0 radical (unpaired) electrons. The lowest BCUT2D eigenvalue weighted by molar-refractivity contribution is 0.203. The van der Waals surface area contributed by atoms with E-state index in [0.29, 0.717) is 0 Å². The molecule has 1 fully saturated rings. The van der Waals surface area contributed by atoms with Crippen LogP contribution >= 0.6 is 0 Å². The molecular formula is C18H25N. The molecule has 1 saturated heterocycles. The Bertz CT molecular complexity index is 440. The summed E-state index contributed by atoms with van der Waals surface area (Å²) in [6.45, 7) is 6.73. The highest BCUT2D eigenvalue weighted by molar-refractivity contribution is 5.21. The van der Waals surface area contributed by atoms with E-state index in [1.807, 2.05) is 0 Å². The lowest BCUT2D eigenvalue weighted by atomic mass is 9.98. The highest BCUT2D eigenvalue weighted by atomic mass is 15.2. The second kappa shape index (κ2) is 6.78. The molecule has 0 bridgehead atoms. The summed E-state index contributed by atoms with van der Waals surface area (Å²) in [6, 6.07) is 10.7. The van der Waals surface area contributed by atoms with Crippen molar-refractivity contribution < 1.29 is 0 Å². The second-order valence-corrected chi connectivity index (χ2v) is 5.69. The summed E-state index contributed by atoms with van der Waals surface area (Å²) < 4.78 is 0. The van der Waals surface area contributed by atoms with Crippen molar-refractivity contribution in [3.8, 4) is 11.8 Å².